The predicted octanol–water partition coefficient (Wildman–Crippen LogP) is 7.47. The van der Waals surface area contributed by atoms with Crippen molar-refractivity contribution in [3.63, 3.8) is 0 Å². The van der Waals surface area contributed by atoms with Crippen molar-refractivity contribution in [2.75, 3.05) is 7.05 Å². The van der Waals surface area contributed by atoms with Gasteiger partial charge in [-0.1, -0.05) is 56.7 Å². The molecule has 2 aromatic carbocycles. The van der Waals surface area contributed by atoms with E-state index < -0.39 is 0 Å². The van der Waals surface area contributed by atoms with Crippen LogP contribution >= 0.6 is 0 Å². The van der Waals surface area contributed by atoms with Crippen LogP contribution in [-0.4, -0.2) is 41.2 Å². The van der Waals surface area contributed by atoms with Gasteiger partial charge in [-0.2, -0.15) is 0 Å². The van der Waals surface area contributed by atoms with Crippen molar-refractivity contribution in [2.24, 2.45) is 10.9 Å². The summed E-state index contributed by atoms with van der Waals surface area (Å²) in [6, 6.07) is 16.9. The molecule has 0 saturated heterocycles. The largest absolute Gasteiger partial charge is 0.457 e. The number of hydrogen-bond acceptors (Lipinski definition) is 4. The van der Waals surface area contributed by atoms with Crippen molar-refractivity contribution >= 4 is 17.9 Å². The molecule has 0 radical (unpaired) electrons. The van der Waals surface area contributed by atoms with Crippen molar-refractivity contribution in [1.29, 1.82) is 0 Å². The van der Waals surface area contributed by atoms with Crippen LogP contribution in [0, 0.1) is 5.92 Å². The number of carbonyl (C=O) groups is 1. The highest BCUT2D eigenvalue weighted by Crippen LogP contribution is 2.36. The van der Waals surface area contributed by atoms with E-state index in [1.165, 1.54) is 56.9 Å². The van der Waals surface area contributed by atoms with Crippen molar-refractivity contribution in [1.82, 2.24) is 9.80 Å². The molecule has 2 aromatic rings. The quantitative estimate of drug-likeness (QED) is 0.388. The van der Waals surface area contributed by atoms with Crippen LogP contribution in [0.15, 0.2) is 53.5 Å². The van der Waals surface area contributed by atoms with E-state index in [4.69, 9.17) is 9.73 Å². The zero-order valence-corrected chi connectivity index (χ0v) is 21.8. The molecule has 5 nitrogen and oxygen atoms in total. The second-order valence-corrected chi connectivity index (χ2v) is 10.9. The Bertz CT molecular complexity index is 1030. The molecule has 1 aliphatic heterocycles. The molecule has 2 saturated carbocycles. The van der Waals surface area contributed by atoms with Gasteiger partial charge in [0.2, 0.25) is 5.91 Å². The van der Waals surface area contributed by atoms with E-state index in [1.807, 2.05) is 49.8 Å². The second-order valence-electron chi connectivity index (χ2n) is 10.9. The first-order valence-electron chi connectivity index (χ1n) is 14.1. The molecule has 36 heavy (non-hydrogen) atoms. The Morgan fingerprint density at radius 1 is 0.972 bits per heavy atom. The smallest absolute Gasteiger partial charge is 0.222 e. The number of aliphatic imine (C=N–C) groups is 1. The van der Waals surface area contributed by atoms with Gasteiger partial charge in [0, 0.05) is 37.7 Å². The molecule has 0 aromatic heterocycles. The van der Waals surface area contributed by atoms with Crippen LogP contribution in [0.4, 0.5) is 5.69 Å². The fourth-order valence-electron chi connectivity index (χ4n) is 6.39. The highest BCUT2D eigenvalue weighted by Gasteiger charge is 2.31. The maximum Gasteiger partial charge on any atom is 0.222 e. The molecule has 0 bridgehead atoms. The summed E-state index contributed by atoms with van der Waals surface area (Å²) in [7, 11) is 2.03. The summed E-state index contributed by atoms with van der Waals surface area (Å²) in [4.78, 5) is 22.5. The molecule has 5 rings (SSSR count). The third kappa shape index (κ3) is 6.11. The van der Waals surface area contributed by atoms with Gasteiger partial charge in [-0.05, 0) is 68.4 Å². The van der Waals surface area contributed by atoms with Crippen LogP contribution in [-0.2, 0) is 11.3 Å². The summed E-state index contributed by atoms with van der Waals surface area (Å²) < 4.78 is 6.10. The van der Waals surface area contributed by atoms with E-state index in [1.54, 1.807) is 0 Å². The Labute approximate surface area is 216 Å². The Balaban J connectivity index is 1.27. The SMILES string of the molecule is CN(C(=O)CCC(C1CCCCC1)N1C=Nc2ccc(Oc3ccccc3)cc2C1)C1CCCCC1. The lowest BCUT2D eigenvalue weighted by Crippen LogP contribution is -2.43. The maximum absolute atomic E-state index is 13.2. The topological polar surface area (TPSA) is 45.1 Å². The van der Waals surface area contributed by atoms with Gasteiger partial charge in [0.25, 0.3) is 0 Å². The monoisotopic (exact) mass is 487 g/mol. The molecule has 192 valence electrons. The molecular formula is C31H41N3O2. The normalized spacial score (nSPS) is 19.5. The van der Waals surface area contributed by atoms with Gasteiger partial charge in [0.05, 0.1) is 12.0 Å². The average Bonchev–Trinajstić information content (AvgIpc) is 2.94. The number of benzene rings is 2. The van der Waals surface area contributed by atoms with Crippen LogP contribution in [0.1, 0.15) is 82.6 Å². The molecular weight excluding hydrogens is 446 g/mol. The Hall–Kier alpha value is -2.82. The van der Waals surface area contributed by atoms with Crippen molar-refractivity contribution < 1.29 is 9.53 Å². The molecule has 2 fully saturated rings. The van der Waals surface area contributed by atoms with Gasteiger partial charge in [0.1, 0.15) is 11.5 Å². The number of para-hydroxylation sites is 1. The second kappa shape index (κ2) is 11.9. The van der Waals surface area contributed by atoms with Gasteiger partial charge in [0.15, 0.2) is 0 Å². The predicted molar refractivity (Wildman–Crippen MR) is 146 cm³/mol. The van der Waals surface area contributed by atoms with Gasteiger partial charge >= 0.3 is 0 Å². The summed E-state index contributed by atoms with van der Waals surface area (Å²) in [5, 5.41) is 0. The molecule has 1 amide bonds. The van der Waals surface area contributed by atoms with E-state index in [0.717, 1.165) is 43.0 Å². The minimum Gasteiger partial charge on any atom is -0.457 e. The highest BCUT2D eigenvalue weighted by atomic mass is 16.5. The average molecular weight is 488 g/mol. The van der Waals surface area contributed by atoms with E-state index in [9.17, 15) is 4.79 Å². The number of carbonyl (C=O) groups excluding carboxylic acids is 1. The number of ether oxygens (including phenoxy) is 1. The molecule has 0 spiro atoms. The van der Waals surface area contributed by atoms with Gasteiger partial charge in [-0.15, -0.1) is 0 Å². The number of amides is 1. The first-order valence-corrected chi connectivity index (χ1v) is 14.1. The lowest BCUT2D eigenvalue weighted by Gasteiger charge is -2.40. The van der Waals surface area contributed by atoms with Crippen LogP contribution < -0.4 is 4.74 Å². The Kier molecular flexibility index (Phi) is 8.25. The van der Waals surface area contributed by atoms with E-state index in [0.29, 0.717) is 30.3 Å². The van der Waals surface area contributed by atoms with Gasteiger partial charge < -0.3 is 14.5 Å². The van der Waals surface area contributed by atoms with Gasteiger partial charge in [-0.3, -0.25) is 4.79 Å². The minimum atomic E-state index is 0.315. The summed E-state index contributed by atoms with van der Waals surface area (Å²) in [5.74, 6) is 2.63. The number of fused-ring (bicyclic) bond motifs is 1. The first-order chi connectivity index (χ1) is 17.7. The molecule has 1 heterocycles. The molecule has 1 atom stereocenters. The third-order valence-electron chi connectivity index (χ3n) is 8.52. The molecule has 1 unspecified atom stereocenters. The van der Waals surface area contributed by atoms with Crippen LogP contribution in [0.25, 0.3) is 0 Å². The highest BCUT2D eigenvalue weighted by molar-refractivity contribution is 5.76. The van der Waals surface area contributed by atoms with Gasteiger partial charge in [-0.25, -0.2) is 4.99 Å². The Morgan fingerprint density at radius 2 is 1.69 bits per heavy atom. The molecule has 3 aliphatic rings. The van der Waals surface area contributed by atoms with Crippen LogP contribution in [0.5, 0.6) is 11.5 Å². The zero-order chi connectivity index (χ0) is 24.7. The fraction of sp³-hybridized carbons (Fsp3) is 0.548. The minimum absolute atomic E-state index is 0.315. The number of rotatable bonds is 8. The van der Waals surface area contributed by atoms with Crippen molar-refractivity contribution in [3.05, 3.63) is 54.1 Å². The molecule has 2 aliphatic carbocycles. The maximum atomic E-state index is 13.2. The summed E-state index contributed by atoms with van der Waals surface area (Å²) >= 11 is 0. The number of nitrogens with zero attached hydrogens (tertiary/aromatic N) is 3. The summed E-state index contributed by atoms with van der Waals surface area (Å²) in [6.07, 6.45) is 16.2. The number of hydrogen-bond donors (Lipinski definition) is 0. The lowest BCUT2D eigenvalue weighted by atomic mass is 9.81. The summed E-state index contributed by atoms with van der Waals surface area (Å²) in [5.41, 5.74) is 2.21. The van der Waals surface area contributed by atoms with E-state index in [2.05, 4.69) is 21.9 Å². The molecule has 5 heteroatoms. The third-order valence-corrected chi connectivity index (χ3v) is 8.52. The fourth-order valence-corrected chi connectivity index (χ4v) is 6.39. The lowest BCUT2D eigenvalue weighted by molar-refractivity contribution is -0.133. The van der Waals surface area contributed by atoms with E-state index in [-0.39, 0.29) is 0 Å². The van der Waals surface area contributed by atoms with Crippen LogP contribution in [0.3, 0.4) is 0 Å². The van der Waals surface area contributed by atoms with Crippen molar-refractivity contribution in [3.8, 4) is 11.5 Å². The first kappa shape index (κ1) is 24.9. The van der Waals surface area contributed by atoms with Crippen LogP contribution in [0.2, 0.25) is 0 Å². The standard InChI is InChI=1S/C31H41N3O2/c1-33(26-13-7-3-8-14-26)31(35)20-19-30(24-11-5-2-6-12-24)34-22-25-21-28(17-18-29(25)32-23-34)36-27-15-9-4-10-16-27/h4,9-10,15-18,21,23-24,26,30H,2-3,5-8,11-14,19-20,22H2,1H3. The Morgan fingerprint density at radius 3 is 2.44 bits per heavy atom. The van der Waals surface area contributed by atoms with E-state index >= 15 is 0 Å². The zero-order valence-electron chi connectivity index (χ0n) is 21.8. The molecule has 0 N–H and O–H groups in total. The van der Waals surface area contributed by atoms with Crippen molar-refractivity contribution in [2.45, 2.75) is 95.7 Å². The summed E-state index contributed by atoms with van der Waals surface area (Å²) in [6.45, 7) is 0.818.